The molecule has 3 atom stereocenters. The van der Waals surface area contributed by atoms with Crippen molar-refractivity contribution in [2.75, 3.05) is 0 Å². The van der Waals surface area contributed by atoms with Gasteiger partial charge >= 0.3 is 0 Å². The van der Waals surface area contributed by atoms with E-state index in [4.69, 9.17) is 0 Å². The van der Waals surface area contributed by atoms with Crippen molar-refractivity contribution >= 4 is 11.6 Å². The van der Waals surface area contributed by atoms with E-state index in [0.717, 1.165) is 18.4 Å². The number of fused-ring (bicyclic) bond motifs is 1. The minimum absolute atomic E-state index is 0.167. The van der Waals surface area contributed by atoms with Gasteiger partial charge < -0.3 is 0 Å². The zero-order valence-corrected chi connectivity index (χ0v) is 11.2. The van der Waals surface area contributed by atoms with Crippen molar-refractivity contribution in [1.82, 2.24) is 0 Å². The third kappa shape index (κ3) is 1.98. The molecule has 1 fully saturated rings. The number of carbonyl (C=O) groups excluding carboxylic acids is 2. The van der Waals surface area contributed by atoms with Crippen LogP contribution in [0.25, 0.3) is 0 Å². The van der Waals surface area contributed by atoms with E-state index in [0.29, 0.717) is 35.7 Å². The fourth-order valence-electron chi connectivity index (χ4n) is 3.67. The van der Waals surface area contributed by atoms with E-state index in [2.05, 4.69) is 13.8 Å². The van der Waals surface area contributed by atoms with Crippen molar-refractivity contribution < 1.29 is 9.59 Å². The summed E-state index contributed by atoms with van der Waals surface area (Å²) in [5.74, 6) is 1.98. The van der Waals surface area contributed by atoms with E-state index in [1.54, 1.807) is 6.92 Å². The van der Waals surface area contributed by atoms with Gasteiger partial charge in [0.15, 0.2) is 5.78 Å². The average molecular weight is 234 g/mol. The van der Waals surface area contributed by atoms with Crippen molar-refractivity contribution in [3.63, 3.8) is 0 Å². The molecule has 0 amide bonds. The van der Waals surface area contributed by atoms with Gasteiger partial charge in [-0.05, 0) is 50.0 Å². The molecule has 0 unspecified atom stereocenters. The molecule has 94 valence electrons. The third-order valence-electron chi connectivity index (χ3n) is 4.72. The quantitative estimate of drug-likeness (QED) is 0.735. The molecule has 0 heterocycles. The van der Waals surface area contributed by atoms with Crippen LogP contribution in [0.15, 0.2) is 11.1 Å². The minimum atomic E-state index is 0.167. The van der Waals surface area contributed by atoms with E-state index in [1.807, 2.05) is 6.92 Å². The summed E-state index contributed by atoms with van der Waals surface area (Å²) in [4.78, 5) is 23.7. The van der Waals surface area contributed by atoms with Gasteiger partial charge in [-0.2, -0.15) is 0 Å². The van der Waals surface area contributed by atoms with Crippen LogP contribution in [0.2, 0.25) is 0 Å². The molecular weight excluding hydrogens is 212 g/mol. The van der Waals surface area contributed by atoms with Gasteiger partial charge in [0, 0.05) is 12.3 Å². The Balaban J connectivity index is 2.42. The molecule has 2 aliphatic rings. The van der Waals surface area contributed by atoms with E-state index in [9.17, 15) is 9.59 Å². The molecule has 0 aliphatic heterocycles. The van der Waals surface area contributed by atoms with E-state index in [1.165, 1.54) is 5.57 Å². The maximum Gasteiger partial charge on any atom is 0.158 e. The second-order valence-corrected chi connectivity index (χ2v) is 5.97. The maximum atomic E-state index is 12.0. The molecule has 0 aromatic heterocycles. The molecule has 0 aromatic carbocycles. The highest BCUT2D eigenvalue weighted by atomic mass is 16.1. The Morgan fingerprint density at radius 2 is 2.00 bits per heavy atom. The van der Waals surface area contributed by atoms with Gasteiger partial charge in [0.25, 0.3) is 0 Å². The highest BCUT2D eigenvalue weighted by Gasteiger charge is 2.45. The van der Waals surface area contributed by atoms with Gasteiger partial charge in [-0.1, -0.05) is 19.4 Å². The number of hydrogen-bond acceptors (Lipinski definition) is 2. The molecule has 2 nitrogen and oxygen atoms in total. The molecule has 0 aromatic rings. The molecule has 0 radical (unpaired) electrons. The first-order chi connectivity index (χ1) is 7.93. The van der Waals surface area contributed by atoms with Crippen LogP contribution in [0.3, 0.4) is 0 Å². The van der Waals surface area contributed by atoms with Crippen molar-refractivity contribution in [3.05, 3.63) is 11.1 Å². The van der Waals surface area contributed by atoms with Crippen molar-refractivity contribution in [2.45, 2.75) is 47.0 Å². The lowest BCUT2D eigenvalue weighted by atomic mass is 9.68. The monoisotopic (exact) mass is 234 g/mol. The first-order valence-electron chi connectivity index (χ1n) is 6.66. The Labute approximate surface area is 103 Å². The lowest BCUT2D eigenvalue weighted by molar-refractivity contribution is -0.124. The Hall–Kier alpha value is -0.920. The van der Waals surface area contributed by atoms with E-state index < -0.39 is 0 Å². The van der Waals surface area contributed by atoms with Gasteiger partial charge in [0.1, 0.15) is 5.78 Å². The Kier molecular flexibility index (Phi) is 3.24. The van der Waals surface area contributed by atoms with Crippen LogP contribution < -0.4 is 0 Å². The zero-order chi connectivity index (χ0) is 12.7. The largest absolute Gasteiger partial charge is 0.300 e. The molecule has 0 saturated heterocycles. The number of hydrogen-bond donors (Lipinski definition) is 0. The van der Waals surface area contributed by atoms with Crippen molar-refractivity contribution in [1.29, 1.82) is 0 Å². The van der Waals surface area contributed by atoms with Gasteiger partial charge in [0.2, 0.25) is 0 Å². The van der Waals surface area contributed by atoms with Crippen LogP contribution in [0, 0.1) is 23.7 Å². The molecule has 2 aliphatic carbocycles. The van der Waals surface area contributed by atoms with Crippen LogP contribution in [-0.4, -0.2) is 11.6 Å². The summed E-state index contributed by atoms with van der Waals surface area (Å²) >= 11 is 0. The summed E-state index contributed by atoms with van der Waals surface area (Å²) in [5, 5.41) is 0. The lowest BCUT2D eigenvalue weighted by Crippen LogP contribution is -2.34. The highest BCUT2D eigenvalue weighted by molar-refractivity contribution is 5.97. The third-order valence-corrected chi connectivity index (χ3v) is 4.72. The zero-order valence-electron chi connectivity index (χ0n) is 11.2. The van der Waals surface area contributed by atoms with Crippen molar-refractivity contribution in [3.8, 4) is 0 Å². The lowest BCUT2D eigenvalue weighted by Gasteiger charge is -2.35. The standard InChI is InChI=1S/C15H22O2/c1-8(2)13-7-14(17)9(3)11-5-6-12(10(4)16)15(11)13/h8,12-13,15H,5-7H2,1-4H3/t12-,13+,15+/m1/s1. The Morgan fingerprint density at radius 1 is 1.35 bits per heavy atom. The van der Waals surface area contributed by atoms with Crippen LogP contribution >= 0.6 is 0 Å². The van der Waals surface area contributed by atoms with Gasteiger partial charge in [0.05, 0.1) is 0 Å². The molecular formula is C15H22O2. The molecule has 17 heavy (non-hydrogen) atoms. The minimum Gasteiger partial charge on any atom is -0.300 e. The van der Waals surface area contributed by atoms with Crippen LogP contribution in [0.5, 0.6) is 0 Å². The predicted molar refractivity (Wildman–Crippen MR) is 67.5 cm³/mol. The number of Topliss-reactive ketones (excluding diaryl/α,β-unsaturated/α-hetero) is 2. The van der Waals surface area contributed by atoms with Gasteiger partial charge in [-0.3, -0.25) is 9.59 Å². The Morgan fingerprint density at radius 3 is 2.53 bits per heavy atom. The molecule has 2 heteroatoms. The number of carbonyl (C=O) groups is 2. The Bertz CT molecular complexity index is 390. The SMILES string of the molecule is CC(=O)[C@H]1CCC2=C(C)C(=O)C[C@@H](C(C)C)[C@@H]21. The predicted octanol–water partition coefficient (Wildman–Crippen LogP) is 3.16. The van der Waals surface area contributed by atoms with Crippen molar-refractivity contribution in [2.24, 2.45) is 23.7 Å². The normalized spacial score (nSPS) is 33.2. The van der Waals surface area contributed by atoms with Gasteiger partial charge in [-0.15, -0.1) is 0 Å². The molecule has 0 N–H and O–H groups in total. The summed E-state index contributed by atoms with van der Waals surface area (Å²) in [6, 6.07) is 0. The fourth-order valence-corrected chi connectivity index (χ4v) is 3.67. The second-order valence-electron chi connectivity index (χ2n) is 5.97. The van der Waals surface area contributed by atoms with Crippen LogP contribution in [-0.2, 0) is 9.59 Å². The van der Waals surface area contributed by atoms with Gasteiger partial charge in [-0.25, -0.2) is 0 Å². The summed E-state index contributed by atoms with van der Waals surface area (Å²) in [5.41, 5.74) is 2.25. The molecule has 0 spiro atoms. The molecule has 2 rings (SSSR count). The molecule has 1 saturated carbocycles. The first kappa shape index (κ1) is 12.5. The highest BCUT2D eigenvalue weighted by Crippen LogP contribution is 2.49. The summed E-state index contributed by atoms with van der Waals surface area (Å²) in [7, 11) is 0. The number of allylic oxidation sites excluding steroid dienone is 2. The van der Waals surface area contributed by atoms with E-state index >= 15 is 0 Å². The number of rotatable bonds is 2. The number of ketones is 2. The second kappa shape index (κ2) is 4.40. The van der Waals surface area contributed by atoms with Crippen LogP contribution in [0.1, 0.15) is 47.0 Å². The summed E-state index contributed by atoms with van der Waals surface area (Å²) < 4.78 is 0. The topological polar surface area (TPSA) is 34.1 Å². The average Bonchev–Trinajstić information content (AvgIpc) is 2.67. The summed E-state index contributed by atoms with van der Waals surface area (Å²) in [6.07, 6.45) is 2.54. The maximum absolute atomic E-state index is 12.0. The van der Waals surface area contributed by atoms with Crippen LogP contribution in [0.4, 0.5) is 0 Å². The summed E-state index contributed by atoms with van der Waals surface area (Å²) in [6.45, 7) is 8.00. The fraction of sp³-hybridized carbons (Fsp3) is 0.733. The molecule has 0 bridgehead atoms. The van der Waals surface area contributed by atoms with E-state index in [-0.39, 0.29) is 5.92 Å². The smallest absolute Gasteiger partial charge is 0.158 e. The first-order valence-corrected chi connectivity index (χ1v) is 6.66.